The second-order valence-corrected chi connectivity index (χ2v) is 9.37. The van der Waals surface area contributed by atoms with Gasteiger partial charge in [0.15, 0.2) is 0 Å². The molecule has 4 nitrogen and oxygen atoms in total. The molecular formula is C16H26N2O2S2. The topological polar surface area (TPSA) is 49.4 Å². The van der Waals surface area contributed by atoms with E-state index in [0.29, 0.717) is 10.1 Å². The van der Waals surface area contributed by atoms with E-state index in [1.807, 2.05) is 17.8 Å². The van der Waals surface area contributed by atoms with Crippen LogP contribution in [0.25, 0.3) is 0 Å². The van der Waals surface area contributed by atoms with Gasteiger partial charge in [0.1, 0.15) is 0 Å². The van der Waals surface area contributed by atoms with Crippen LogP contribution in [-0.4, -0.2) is 50.0 Å². The van der Waals surface area contributed by atoms with Crippen molar-refractivity contribution in [3.63, 3.8) is 0 Å². The van der Waals surface area contributed by atoms with Gasteiger partial charge in [-0.1, -0.05) is 32.0 Å². The van der Waals surface area contributed by atoms with Gasteiger partial charge in [-0.05, 0) is 43.3 Å². The second-order valence-electron chi connectivity index (χ2n) is 5.97. The van der Waals surface area contributed by atoms with Crippen LogP contribution in [0.4, 0.5) is 0 Å². The summed E-state index contributed by atoms with van der Waals surface area (Å²) in [5.74, 6) is 1.15. The SMILES string of the molecule is CC(C)SCCN1CCC(NS(=O)(=O)c2ccccc2)CC1. The van der Waals surface area contributed by atoms with Gasteiger partial charge in [0.05, 0.1) is 4.90 Å². The Hall–Kier alpha value is -0.560. The predicted molar refractivity (Wildman–Crippen MR) is 93.8 cm³/mol. The second kappa shape index (κ2) is 8.34. The number of rotatable bonds is 7. The van der Waals surface area contributed by atoms with Crippen LogP contribution in [0.15, 0.2) is 35.2 Å². The third-order valence-electron chi connectivity index (χ3n) is 3.82. The number of piperidine rings is 1. The average molecular weight is 343 g/mol. The van der Waals surface area contributed by atoms with Crippen LogP contribution in [0.3, 0.4) is 0 Å². The Morgan fingerprint density at radius 3 is 2.45 bits per heavy atom. The molecule has 0 bridgehead atoms. The highest BCUT2D eigenvalue weighted by atomic mass is 32.2. The van der Waals surface area contributed by atoms with Crippen molar-refractivity contribution in [3.05, 3.63) is 30.3 Å². The van der Waals surface area contributed by atoms with Crippen molar-refractivity contribution in [2.24, 2.45) is 0 Å². The number of hydrogen-bond donors (Lipinski definition) is 1. The third kappa shape index (κ3) is 5.57. The highest BCUT2D eigenvalue weighted by Gasteiger charge is 2.24. The van der Waals surface area contributed by atoms with E-state index in [-0.39, 0.29) is 6.04 Å². The van der Waals surface area contributed by atoms with E-state index < -0.39 is 10.0 Å². The van der Waals surface area contributed by atoms with Gasteiger partial charge >= 0.3 is 0 Å². The monoisotopic (exact) mass is 342 g/mol. The van der Waals surface area contributed by atoms with E-state index in [1.54, 1.807) is 24.3 Å². The van der Waals surface area contributed by atoms with Crippen LogP contribution in [0, 0.1) is 0 Å². The molecule has 6 heteroatoms. The fraction of sp³-hybridized carbons (Fsp3) is 0.625. The fourth-order valence-electron chi connectivity index (χ4n) is 2.58. The van der Waals surface area contributed by atoms with Crippen molar-refractivity contribution in [1.29, 1.82) is 0 Å². The summed E-state index contributed by atoms with van der Waals surface area (Å²) in [6, 6.07) is 8.67. The molecule has 0 amide bonds. The minimum absolute atomic E-state index is 0.0548. The summed E-state index contributed by atoms with van der Waals surface area (Å²) in [6.45, 7) is 7.48. The van der Waals surface area contributed by atoms with E-state index in [4.69, 9.17) is 0 Å². The molecule has 0 aliphatic carbocycles. The number of thioether (sulfide) groups is 1. The van der Waals surface area contributed by atoms with Crippen LogP contribution in [0.2, 0.25) is 0 Å². The summed E-state index contributed by atoms with van der Waals surface area (Å²) in [5, 5.41) is 0.676. The largest absolute Gasteiger partial charge is 0.302 e. The van der Waals surface area contributed by atoms with Crippen LogP contribution in [-0.2, 0) is 10.0 Å². The van der Waals surface area contributed by atoms with Crippen LogP contribution in [0.1, 0.15) is 26.7 Å². The Kier molecular flexibility index (Phi) is 6.74. The summed E-state index contributed by atoms with van der Waals surface area (Å²) in [6.07, 6.45) is 1.77. The zero-order valence-corrected chi connectivity index (χ0v) is 15.0. The molecule has 0 radical (unpaired) electrons. The number of benzene rings is 1. The molecule has 1 N–H and O–H groups in total. The molecule has 1 saturated heterocycles. The highest BCUT2D eigenvalue weighted by Crippen LogP contribution is 2.16. The normalized spacial score (nSPS) is 18.0. The summed E-state index contributed by atoms with van der Waals surface area (Å²) < 4.78 is 27.4. The van der Waals surface area contributed by atoms with Crippen molar-refractivity contribution < 1.29 is 8.42 Å². The minimum atomic E-state index is -3.38. The van der Waals surface area contributed by atoms with Gasteiger partial charge in [0.2, 0.25) is 10.0 Å². The molecule has 0 atom stereocenters. The lowest BCUT2D eigenvalue weighted by Gasteiger charge is -2.32. The highest BCUT2D eigenvalue weighted by molar-refractivity contribution is 7.99. The smallest absolute Gasteiger partial charge is 0.240 e. The molecule has 1 heterocycles. The Labute approximate surface area is 138 Å². The van der Waals surface area contributed by atoms with Crippen LogP contribution in [0.5, 0.6) is 0 Å². The molecule has 0 saturated carbocycles. The number of sulfonamides is 1. The quantitative estimate of drug-likeness (QED) is 0.827. The molecule has 124 valence electrons. The minimum Gasteiger partial charge on any atom is -0.302 e. The Balaban J connectivity index is 1.78. The average Bonchev–Trinajstić information content (AvgIpc) is 2.49. The maximum absolute atomic E-state index is 12.3. The third-order valence-corrected chi connectivity index (χ3v) is 6.44. The first-order valence-electron chi connectivity index (χ1n) is 7.89. The molecule has 1 aromatic rings. The van der Waals surface area contributed by atoms with Gasteiger partial charge in [0.25, 0.3) is 0 Å². The van der Waals surface area contributed by atoms with Crippen LogP contribution >= 0.6 is 11.8 Å². The van der Waals surface area contributed by atoms with Crippen molar-refractivity contribution in [1.82, 2.24) is 9.62 Å². The van der Waals surface area contributed by atoms with Crippen molar-refractivity contribution >= 4 is 21.8 Å². The van der Waals surface area contributed by atoms with E-state index in [2.05, 4.69) is 23.5 Å². The molecule has 22 heavy (non-hydrogen) atoms. The summed E-state index contributed by atoms with van der Waals surface area (Å²) >= 11 is 1.98. The Morgan fingerprint density at radius 2 is 1.86 bits per heavy atom. The predicted octanol–water partition coefficient (Wildman–Crippen LogP) is 2.57. The maximum Gasteiger partial charge on any atom is 0.240 e. The van der Waals surface area contributed by atoms with Crippen molar-refractivity contribution in [2.45, 2.75) is 42.9 Å². The zero-order valence-electron chi connectivity index (χ0n) is 13.4. The lowest BCUT2D eigenvalue weighted by atomic mass is 10.1. The maximum atomic E-state index is 12.3. The molecule has 2 rings (SSSR count). The first kappa shape index (κ1) is 17.8. The van der Waals surface area contributed by atoms with E-state index in [9.17, 15) is 8.42 Å². The van der Waals surface area contributed by atoms with E-state index >= 15 is 0 Å². The van der Waals surface area contributed by atoms with E-state index in [0.717, 1.165) is 38.2 Å². The molecule has 0 spiro atoms. The number of hydrogen-bond acceptors (Lipinski definition) is 4. The lowest BCUT2D eigenvalue weighted by Crippen LogP contribution is -2.45. The molecule has 1 fully saturated rings. The van der Waals surface area contributed by atoms with Crippen molar-refractivity contribution in [3.8, 4) is 0 Å². The van der Waals surface area contributed by atoms with Gasteiger partial charge in [0, 0.05) is 18.3 Å². The molecule has 0 unspecified atom stereocenters. The molecule has 1 aliphatic heterocycles. The Morgan fingerprint density at radius 1 is 1.23 bits per heavy atom. The molecule has 1 aliphatic rings. The van der Waals surface area contributed by atoms with Gasteiger partial charge < -0.3 is 4.90 Å². The number of likely N-dealkylation sites (tertiary alicyclic amines) is 1. The van der Waals surface area contributed by atoms with Crippen molar-refractivity contribution in [2.75, 3.05) is 25.4 Å². The molecule has 0 aromatic heterocycles. The van der Waals surface area contributed by atoms with E-state index in [1.165, 1.54) is 0 Å². The van der Waals surface area contributed by atoms with Gasteiger partial charge in [-0.15, -0.1) is 0 Å². The summed E-state index contributed by atoms with van der Waals surface area (Å²) in [4.78, 5) is 2.79. The zero-order chi connectivity index (χ0) is 16.0. The van der Waals surface area contributed by atoms with Gasteiger partial charge in [-0.25, -0.2) is 13.1 Å². The number of nitrogens with zero attached hydrogens (tertiary/aromatic N) is 1. The van der Waals surface area contributed by atoms with Gasteiger partial charge in [-0.3, -0.25) is 0 Å². The first-order valence-corrected chi connectivity index (χ1v) is 10.4. The first-order chi connectivity index (χ1) is 10.5. The summed E-state index contributed by atoms with van der Waals surface area (Å²) in [5.41, 5.74) is 0. The summed E-state index contributed by atoms with van der Waals surface area (Å²) in [7, 11) is -3.38. The fourth-order valence-corrected chi connectivity index (χ4v) is 4.74. The molecular weight excluding hydrogens is 316 g/mol. The standard InChI is InChI=1S/C16H26N2O2S2/c1-14(2)21-13-12-18-10-8-15(9-11-18)17-22(19,20)16-6-4-3-5-7-16/h3-7,14-15,17H,8-13H2,1-2H3. The Bertz CT molecular complexity index is 539. The molecule has 1 aromatic carbocycles. The van der Waals surface area contributed by atoms with Crippen LogP contribution < -0.4 is 4.72 Å². The van der Waals surface area contributed by atoms with Gasteiger partial charge in [-0.2, -0.15) is 11.8 Å². The number of nitrogens with one attached hydrogen (secondary N) is 1. The lowest BCUT2D eigenvalue weighted by molar-refractivity contribution is 0.218.